The average molecular weight is 212 g/mol. The fourth-order valence-corrected chi connectivity index (χ4v) is 0.288. The quantitative estimate of drug-likeness (QED) is 0.395. The van der Waals surface area contributed by atoms with Crippen molar-refractivity contribution < 1.29 is 0 Å². The van der Waals surface area contributed by atoms with E-state index in [0.717, 1.165) is 0 Å². The van der Waals surface area contributed by atoms with Crippen LogP contribution in [0, 0.1) is 17.2 Å². The summed E-state index contributed by atoms with van der Waals surface area (Å²) in [5.41, 5.74) is 0. The predicted molar refractivity (Wildman–Crippen MR) is 73.1 cm³/mol. The molecule has 0 radical (unpaired) electrons. The highest BCUT2D eigenvalue weighted by molar-refractivity contribution is 5.87. The Morgan fingerprint density at radius 2 is 1.53 bits per heavy atom. The SMILES string of the molecule is C=CC(C)C.CC.CC=NC(=N)C(C)C. The van der Waals surface area contributed by atoms with Crippen molar-refractivity contribution in [2.75, 3.05) is 0 Å². The van der Waals surface area contributed by atoms with Crippen LogP contribution in [0.2, 0.25) is 0 Å². The van der Waals surface area contributed by atoms with E-state index in [0.29, 0.717) is 11.8 Å². The largest absolute Gasteiger partial charge is 0.286 e. The smallest absolute Gasteiger partial charge is 0.122 e. The first-order valence-electron chi connectivity index (χ1n) is 5.65. The maximum Gasteiger partial charge on any atom is 0.122 e. The zero-order valence-corrected chi connectivity index (χ0v) is 11.5. The molecule has 0 heterocycles. The Bertz CT molecular complexity index is 167. The molecule has 0 aliphatic rings. The number of nitrogens with zero attached hydrogens (tertiary/aromatic N) is 1. The summed E-state index contributed by atoms with van der Waals surface area (Å²) < 4.78 is 0. The molecule has 0 amide bonds. The third-order valence-electron chi connectivity index (χ3n) is 1.29. The number of rotatable bonds is 2. The molecule has 0 unspecified atom stereocenters. The lowest BCUT2D eigenvalue weighted by molar-refractivity contribution is 0.835. The van der Waals surface area contributed by atoms with E-state index in [1.807, 2.05) is 40.7 Å². The zero-order chi connectivity index (χ0) is 12.9. The molecule has 0 rings (SSSR count). The molecule has 0 atom stereocenters. The van der Waals surface area contributed by atoms with E-state index in [2.05, 4.69) is 25.4 Å². The standard InChI is InChI=1S/C6H12N2.C5H10.C2H6/c1-4-8-6(7)5(2)3;1-4-5(2)3;1-2/h4-5,7H,1-3H3;4-5H,1H2,2-3H3;1-2H3. The van der Waals surface area contributed by atoms with Crippen molar-refractivity contribution in [1.29, 1.82) is 5.41 Å². The summed E-state index contributed by atoms with van der Waals surface area (Å²) in [7, 11) is 0. The van der Waals surface area contributed by atoms with Gasteiger partial charge in [0.15, 0.2) is 0 Å². The van der Waals surface area contributed by atoms with Gasteiger partial charge in [-0.1, -0.05) is 47.6 Å². The van der Waals surface area contributed by atoms with Crippen molar-refractivity contribution in [2.24, 2.45) is 16.8 Å². The van der Waals surface area contributed by atoms with Crippen molar-refractivity contribution in [3.63, 3.8) is 0 Å². The second kappa shape index (κ2) is 15.5. The van der Waals surface area contributed by atoms with E-state index in [9.17, 15) is 0 Å². The normalized spacial score (nSPS) is 9.13. The van der Waals surface area contributed by atoms with Gasteiger partial charge in [0.05, 0.1) is 0 Å². The Hall–Kier alpha value is -0.920. The van der Waals surface area contributed by atoms with Crippen LogP contribution in [0.4, 0.5) is 0 Å². The molecule has 0 aromatic rings. The minimum Gasteiger partial charge on any atom is -0.286 e. The Morgan fingerprint density at radius 3 is 1.60 bits per heavy atom. The summed E-state index contributed by atoms with van der Waals surface area (Å²) in [5.74, 6) is 1.36. The lowest BCUT2D eigenvalue weighted by Crippen LogP contribution is -2.00. The first kappa shape index (κ1) is 19.6. The van der Waals surface area contributed by atoms with E-state index in [4.69, 9.17) is 5.41 Å². The topological polar surface area (TPSA) is 36.2 Å². The molecule has 0 bridgehead atoms. The highest BCUT2D eigenvalue weighted by Crippen LogP contribution is 1.93. The molecular weight excluding hydrogens is 184 g/mol. The molecule has 0 saturated carbocycles. The maximum absolute atomic E-state index is 7.15. The fourth-order valence-electron chi connectivity index (χ4n) is 0.288. The molecule has 2 nitrogen and oxygen atoms in total. The summed E-state index contributed by atoms with van der Waals surface area (Å²) in [6.07, 6.45) is 3.56. The van der Waals surface area contributed by atoms with Gasteiger partial charge in [0, 0.05) is 12.1 Å². The van der Waals surface area contributed by atoms with E-state index < -0.39 is 0 Å². The molecule has 0 aliphatic heterocycles. The molecule has 0 aromatic carbocycles. The fraction of sp³-hybridized carbons (Fsp3) is 0.692. The van der Waals surface area contributed by atoms with Crippen LogP contribution in [0.1, 0.15) is 48.5 Å². The van der Waals surface area contributed by atoms with Crippen LogP contribution in [0.3, 0.4) is 0 Å². The van der Waals surface area contributed by atoms with Gasteiger partial charge in [0.25, 0.3) is 0 Å². The van der Waals surface area contributed by atoms with Gasteiger partial charge in [-0.2, -0.15) is 0 Å². The van der Waals surface area contributed by atoms with Crippen LogP contribution in [-0.2, 0) is 0 Å². The Balaban J connectivity index is -0.000000177. The van der Waals surface area contributed by atoms with Crippen molar-refractivity contribution >= 4 is 12.1 Å². The van der Waals surface area contributed by atoms with Gasteiger partial charge >= 0.3 is 0 Å². The van der Waals surface area contributed by atoms with Crippen LogP contribution in [0.25, 0.3) is 0 Å². The van der Waals surface area contributed by atoms with Crippen molar-refractivity contribution in [3.8, 4) is 0 Å². The van der Waals surface area contributed by atoms with Gasteiger partial charge in [-0.3, -0.25) is 5.41 Å². The average Bonchev–Trinajstić information content (AvgIpc) is 2.22. The van der Waals surface area contributed by atoms with Gasteiger partial charge in [0.2, 0.25) is 0 Å². The number of allylic oxidation sites excluding steroid dienone is 1. The van der Waals surface area contributed by atoms with Gasteiger partial charge in [-0.05, 0) is 12.8 Å². The lowest BCUT2D eigenvalue weighted by atomic mass is 10.2. The molecule has 0 spiro atoms. The molecule has 0 saturated heterocycles. The second-order valence-electron chi connectivity index (χ2n) is 3.41. The van der Waals surface area contributed by atoms with Crippen LogP contribution in [-0.4, -0.2) is 12.1 Å². The minimum absolute atomic E-state index is 0.256. The molecule has 1 N–H and O–H groups in total. The Morgan fingerprint density at radius 1 is 1.20 bits per heavy atom. The molecule has 2 heteroatoms. The van der Waals surface area contributed by atoms with E-state index >= 15 is 0 Å². The number of hydrogen-bond donors (Lipinski definition) is 1. The molecule has 90 valence electrons. The first-order chi connectivity index (χ1) is 6.95. The summed E-state index contributed by atoms with van der Waals surface area (Å²) >= 11 is 0. The molecule has 0 aliphatic carbocycles. The molecule has 0 fully saturated rings. The number of nitrogens with one attached hydrogen (secondary N) is 1. The summed E-state index contributed by atoms with van der Waals surface area (Å²) in [4.78, 5) is 3.78. The van der Waals surface area contributed by atoms with Crippen LogP contribution in [0.5, 0.6) is 0 Å². The molecular formula is C13H28N2. The number of hydrogen-bond acceptors (Lipinski definition) is 1. The van der Waals surface area contributed by atoms with Crippen molar-refractivity contribution in [2.45, 2.75) is 48.5 Å². The summed E-state index contributed by atoms with van der Waals surface area (Å²) in [5, 5.41) is 7.15. The van der Waals surface area contributed by atoms with Crippen LogP contribution in [0.15, 0.2) is 17.6 Å². The third-order valence-corrected chi connectivity index (χ3v) is 1.29. The molecule has 0 aromatic heterocycles. The highest BCUT2D eigenvalue weighted by atomic mass is 14.8. The number of amidine groups is 1. The van der Waals surface area contributed by atoms with Crippen LogP contribution >= 0.6 is 0 Å². The second-order valence-corrected chi connectivity index (χ2v) is 3.41. The maximum atomic E-state index is 7.15. The number of aliphatic imine (C=N–C) groups is 1. The third kappa shape index (κ3) is 24.6. The highest BCUT2D eigenvalue weighted by Gasteiger charge is 1.95. The minimum atomic E-state index is 0.256. The van der Waals surface area contributed by atoms with E-state index in [-0.39, 0.29) is 5.92 Å². The monoisotopic (exact) mass is 212 g/mol. The van der Waals surface area contributed by atoms with E-state index in [1.165, 1.54) is 0 Å². The Labute approximate surface area is 96.0 Å². The molecule has 15 heavy (non-hydrogen) atoms. The van der Waals surface area contributed by atoms with Gasteiger partial charge < -0.3 is 0 Å². The van der Waals surface area contributed by atoms with Crippen molar-refractivity contribution in [1.82, 2.24) is 0 Å². The first-order valence-corrected chi connectivity index (χ1v) is 5.65. The zero-order valence-electron chi connectivity index (χ0n) is 11.5. The van der Waals surface area contributed by atoms with Crippen molar-refractivity contribution in [3.05, 3.63) is 12.7 Å². The Kier molecular flexibility index (Phi) is 20.3. The van der Waals surface area contributed by atoms with Gasteiger partial charge in [-0.25, -0.2) is 4.99 Å². The van der Waals surface area contributed by atoms with Gasteiger partial charge in [0.1, 0.15) is 5.84 Å². The lowest BCUT2D eigenvalue weighted by Gasteiger charge is -1.97. The van der Waals surface area contributed by atoms with Crippen LogP contribution < -0.4 is 0 Å². The predicted octanol–water partition coefficient (Wildman–Crippen LogP) is 4.56. The summed E-state index contributed by atoms with van der Waals surface area (Å²) in [6, 6.07) is 0. The van der Waals surface area contributed by atoms with Gasteiger partial charge in [-0.15, -0.1) is 6.58 Å². The van der Waals surface area contributed by atoms with E-state index in [1.54, 1.807) is 6.21 Å². The summed E-state index contributed by atoms with van der Waals surface area (Å²) in [6.45, 7) is 17.5.